The maximum atomic E-state index is 12.3. The highest BCUT2D eigenvalue weighted by atomic mass is 79.9. The molecule has 0 spiro atoms. The van der Waals surface area contributed by atoms with Crippen LogP contribution in [0.15, 0.2) is 9.85 Å². The molecule has 106 valence electrons. The molecule has 0 bridgehead atoms. The van der Waals surface area contributed by atoms with Gasteiger partial charge < -0.3 is 14.7 Å². The van der Waals surface area contributed by atoms with Crippen LogP contribution in [-0.4, -0.2) is 42.1 Å². The third-order valence-corrected chi connectivity index (χ3v) is 4.05. The number of hydrogen-bond acceptors (Lipinski definition) is 4. The lowest BCUT2D eigenvalue weighted by atomic mass is 10.2. The Morgan fingerprint density at radius 3 is 2.58 bits per heavy atom. The summed E-state index contributed by atoms with van der Waals surface area (Å²) < 4.78 is 5.81. The molecule has 1 amide bonds. The van der Waals surface area contributed by atoms with Crippen molar-refractivity contribution >= 4 is 39.1 Å². The smallest absolute Gasteiger partial charge is 0.323 e. The second-order valence-electron chi connectivity index (χ2n) is 4.43. The van der Waals surface area contributed by atoms with E-state index < -0.39 is 5.97 Å². The summed E-state index contributed by atoms with van der Waals surface area (Å²) in [6, 6.07) is 1.62. The number of aliphatic carboxylic acids is 1. The van der Waals surface area contributed by atoms with Crippen LogP contribution < -0.4 is 4.74 Å². The molecular formula is C12H16BrNO4S. The van der Waals surface area contributed by atoms with Crippen molar-refractivity contribution in [3.63, 3.8) is 0 Å². The molecular weight excluding hydrogens is 334 g/mol. The molecule has 0 aliphatic carbocycles. The SMILES string of the molecule is COc1cc(C(=O)N(CC(=O)O)CC(C)C)sc1Br. The summed E-state index contributed by atoms with van der Waals surface area (Å²) in [6.45, 7) is 3.98. The molecule has 0 aliphatic heterocycles. The van der Waals surface area contributed by atoms with E-state index in [2.05, 4.69) is 15.9 Å². The molecule has 1 rings (SSSR count). The quantitative estimate of drug-likeness (QED) is 0.857. The van der Waals surface area contributed by atoms with E-state index in [1.165, 1.54) is 23.3 Å². The van der Waals surface area contributed by atoms with Crippen LogP contribution in [0.5, 0.6) is 5.75 Å². The number of carboxylic acid groups (broad SMARTS) is 1. The first kappa shape index (κ1) is 16.0. The van der Waals surface area contributed by atoms with E-state index in [9.17, 15) is 9.59 Å². The first-order chi connectivity index (χ1) is 8.85. The van der Waals surface area contributed by atoms with Crippen LogP contribution in [-0.2, 0) is 4.79 Å². The van der Waals surface area contributed by atoms with Gasteiger partial charge in [0.25, 0.3) is 5.91 Å². The van der Waals surface area contributed by atoms with E-state index in [1.807, 2.05) is 13.8 Å². The van der Waals surface area contributed by atoms with Gasteiger partial charge in [-0.15, -0.1) is 11.3 Å². The van der Waals surface area contributed by atoms with Gasteiger partial charge in [-0.2, -0.15) is 0 Å². The number of thiophene rings is 1. The Balaban J connectivity index is 2.93. The Kier molecular flexibility index (Phi) is 5.81. The third-order valence-electron chi connectivity index (χ3n) is 2.29. The van der Waals surface area contributed by atoms with Crippen molar-refractivity contribution < 1.29 is 19.4 Å². The van der Waals surface area contributed by atoms with Gasteiger partial charge in [-0.05, 0) is 21.8 Å². The molecule has 5 nitrogen and oxygen atoms in total. The zero-order chi connectivity index (χ0) is 14.6. The first-order valence-electron chi connectivity index (χ1n) is 5.69. The largest absolute Gasteiger partial charge is 0.495 e. The standard InChI is InChI=1S/C12H16BrNO4S/c1-7(2)5-14(6-10(15)16)12(17)9-4-8(18-3)11(13)19-9/h4,7H,5-6H2,1-3H3,(H,15,16). The van der Waals surface area contributed by atoms with Crippen molar-refractivity contribution in [3.05, 3.63) is 14.7 Å². The van der Waals surface area contributed by atoms with E-state index in [1.54, 1.807) is 6.07 Å². The van der Waals surface area contributed by atoms with E-state index >= 15 is 0 Å². The van der Waals surface area contributed by atoms with Gasteiger partial charge in [-0.1, -0.05) is 13.8 Å². The summed E-state index contributed by atoms with van der Waals surface area (Å²) in [6.07, 6.45) is 0. The van der Waals surface area contributed by atoms with Crippen LogP contribution in [0.2, 0.25) is 0 Å². The number of amides is 1. The number of carboxylic acids is 1. The Hall–Kier alpha value is -1.08. The number of hydrogen-bond donors (Lipinski definition) is 1. The fourth-order valence-corrected chi connectivity index (χ4v) is 3.19. The fourth-order valence-electron chi connectivity index (χ4n) is 1.58. The monoisotopic (exact) mass is 349 g/mol. The van der Waals surface area contributed by atoms with Crippen molar-refractivity contribution in [2.24, 2.45) is 5.92 Å². The van der Waals surface area contributed by atoms with Crippen molar-refractivity contribution in [2.45, 2.75) is 13.8 Å². The summed E-state index contributed by atoms with van der Waals surface area (Å²) in [5, 5.41) is 8.87. The average molecular weight is 350 g/mol. The van der Waals surface area contributed by atoms with E-state index in [0.29, 0.717) is 17.2 Å². The number of methoxy groups -OCH3 is 1. The number of rotatable bonds is 6. The van der Waals surface area contributed by atoms with Crippen molar-refractivity contribution in [1.82, 2.24) is 4.90 Å². The van der Waals surface area contributed by atoms with Gasteiger partial charge in [0.2, 0.25) is 0 Å². The Labute approximate surface area is 124 Å². The molecule has 1 heterocycles. The molecule has 0 saturated heterocycles. The van der Waals surface area contributed by atoms with Crippen LogP contribution in [0.1, 0.15) is 23.5 Å². The lowest BCUT2D eigenvalue weighted by Gasteiger charge is -2.21. The maximum Gasteiger partial charge on any atom is 0.323 e. The molecule has 1 N–H and O–H groups in total. The lowest BCUT2D eigenvalue weighted by molar-refractivity contribution is -0.137. The molecule has 0 aromatic carbocycles. The molecule has 19 heavy (non-hydrogen) atoms. The highest BCUT2D eigenvalue weighted by Crippen LogP contribution is 2.34. The van der Waals surface area contributed by atoms with E-state index in [-0.39, 0.29) is 18.4 Å². The van der Waals surface area contributed by atoms with Crippen molar-refractivity contribution in [2.75, 3.05) is 20.2 Å². The molecule has 7 heteroatoms. The van der Waals surface area contributed by atoms with Crippen LogP contribution in [0, 0.1) is 5.92 Å². The van der Waals surface area contributed by atoms with Gasteiger partial charge >= 0.3 is 5.97 Å². The molecule has 0 fully saturated rings. The molecule has 0 radical (unpaired) electrons. The van der Waals surface area contributed by atoms with E-state index in [4.69, 9.17) is 9.84 Å². The maximum absolute atomic E-state index is 12.3. The predicted octanol–water partition coefficient (Wildman–Crippen LogP) is 2.70. The van der Waals surface area contributed by atoms with Gasteiger partial charge in [-0.3, -0.25) is 9.59 Å². The topological polar surface area (TPSA) is 66.8 Å². The van der Waals surface area contributed by atoms with E-state index in [0.717, 1.165) is 3.79 Å². The Morgan fingerprint density at radius 1 is 1.53 bits per heavy atom. The number of nitrogens with zero attached hydrogens (tertiary/aromatic N) is 1. The van der Waals surface area contributed by atoms with Crippen molar-refractivity contribution in [3.8, 4) is 5.75 Å². The molecule has 0 saturated carbocycles. The Morgan fingerprint density at radius 2 is 2.16 bits per heavy atom. The van der Waals surface area contributed by atoms with Crippen LogP contribution in [0.25, 0.3) is 0 Å². The van der Waals surface area contributed by atoms with Gasteiger partial charge in [0.15, 0.2) is 0 Å². The molecule has 0 unspecified atom stereocenters. The van der Waals surface area contributed by atoms with Gasteiger partial charge in [0.1, 0.15) is 16.1 Å². The van der Waals surface area contributed by atoms with Gasteiger partial charge in [0.05, 0.1) is 12.0 Å². The number of carbonyl (C=O) groups is 2. The van der Waals surface area contributed by atoms with Gasteiger partial charge in [0, 0.05) is 12.6 Å². The summed E-state index contributed by atoms with van der Waals surface area (Å²) in [7, 11) is 1.52. The van der Waals surface area contributed by atoms with Crippen LogP contribution in [0.4, 0.5) is 0 Å². The van der Waals surface area contributed by atoms with Crippen molar-refractivity contribution in [1.29, 1.82) is 0 Å². The Bertz CT molecular complexity index is 472. The normalized spacial score (nSPS) is 10.6. The minimum Gasteiger partial charge on any atom is -0.495 e. The first-order valence-corrected chi connectivity index (χ1v) is 7.30. The van der Waals surface area contributed by atoms with Crippen LogP contribution in [0.3, 0.4) is 0 Å². The molecule has 1 aromatic heterocycles. The molecule has 0 aliphatic rings. The minimum atomic E-state index is -1.02. The zero-order valence-electron chi connectivity index (χ0n) is 11.0. The van der Waals surface area contributed by atoms with Crippen LogP contribution >= 0.6 is 27.3 Å². The predicted molar refractivity (Wildman–Crippen MR) is 76.9 cm³/mol. The number of ether oxygens (including phenoxy) is 1. The zero-order valence-corrected chi connectivity index (χ0v) is 13.4. The summed E-state index contributed by atoms with van der Waals surface area (Å²) in [5.74, 6) is -0.525. The summed E-state index contributed by atoms with van der Waals surface area (Å²) in [5.41, 5.74) is 0. The average Bonchev–Trinajstić information content (AvgIpc) is 2.67. The lowest BCUT2D eigenvalue weighted by Crippen LogP contribution is -2.37. The second-order valence-corrected chi connectivity index (χ2v) is 6.80. The number of carbonyl (C=O) groups excluding carboxylic acids is 1. The van der Waals surface area contributed by atoms with Gasteiger partial charge in [-0.25, -0.2) is 0 Å². The third kappa shape index (κ3) is 4.50. The highest BCUT2D eigenvalue weighted by molar-refractivity contribution is 9.11. The highest BCUT2D eigenvalue weighted by Gasteiger charge is 2.22. The summed E-state index contributed by atoms with van der Waals surface area (Å²) >= 11 is 4.54. The summed E-state index contributed by atoms with van der Waals surface area (Å²) in [4.78, 5) is 24.9. The molecule has 0 atom stereocenters. The number of halogens is 1. The fraction of sp³-hybridized carbons (Fsp3) is 0.500. The minimum absolute atomic E-state index is 0.202. The molecule has 1 aromatic rings. The second kappa shape index (κ2) is 6.91.